The summed E-state index contributed by atoms with van der Waals surface area (Å²) in [6.45, 7) is 7.58. The van der Waals surface area contributed by atoms with Crippen LogP contribution in [0.1, 0.15) is 24.1 Å². The molecule has 0 unspecified atom stereocenters. The maximum absolute atomic E-state index is 13.1. The van der Waals surface area contributed by atoms with E-state index in [9.17, 15) is 4.79 Å². The van der Waals surface area contributed by atoms with E-state index in [1.54, 1.807) is 12.3 Å². The zero-order valence-corrected chi connectivity index (χ0v) is 18.3. The fraction of sp³-hybridized carbons (Fsp3) is 0.522. The minimum atomic E-state index is 0.0868. The molecular formula is C23H31N5O2. The molecule has 3 heterocycles. The average molecular weight is 410 g/mol. The normalized spacial score (nSPS) is 23.2. The summed E-state index contributed by atoms with van der Waals surface area (Å²) in [5.74, 6) is 2.28. The second kappa shape index (κ2) is 8.60. The van der Waals surface area contributed by atoms with E-state index in [0.717, 1.165) is 19.6 Å². The first-order chi connectivity index (χ1) is 14.5. The molecule has 7 nitrogen and oxygen atoms in total. The van der Waals surface area contributed by atoms with Gasteiger partial charge in [-0.1, -0.05) is 24.3 Å². The number of aryl methyl sites for hydroxylation is 1. The Morgan fingerprint density at radius 2 is 2.00 bits per heavy atom. The molecule has 4 rings (SSSR count). The third kappa shape index (κ3) is 3.99. The van der Waals surface area contributed by atoms with Crippen LogP contribution in [0.2, 0.25) is 0 Å². The summed E-state index contributed by atoms with van der Waals surface area (Å²) in [7, 11) is 3.89. The highest BCUT2D eigenvalue weighted by Crippen LogP contribution is 2.46. The highest BCUT2D eigenvalue weighted by molar-refractivity contribution is 5.79. The highest BCUT2D eigenvalue weighted by atomic mass is 16.5. The molecule has 0 aliphatic carbocycles. The van der Waals surface area contributed by atoms with Crippen LogP contribution >= 0.6 is 0 Å². The van der Waals surface area contributed by atoms with Gasteiger partial charge in [0, 0.05) is 43.7 Å². The summed E-state index contributed by atoms with van der Waals surface area (Å²) in [4.78, 5) is 28.5. The van der Waals surface area contributed by atoms with Crippen LogP contribution in [0.4, 0.5) is 5.95 Å². The maximum Gasteiger partial charge on any atom is 0.237 e. The lowest BCUT2D eigenvalue weighted by molar-refractivity contribution is -0.133. The number of amides is 1. The second-order valence-electron chi connectivity index (χ2n) is 8.54. The summed E-state index contributed by atoms with van der Waals surface area (Å²) in [6, 6.07) is 10.3. The Morgan fingerprint density at radius 1 is 1.20 bits per heavy atom. The van der Waals surface area contributed by atoms with Crippen LogP contribution in [-0.4, -0.2) is 72.6 Å². The number of likely N-dealkylation sites (tertiary alicyclic amines) is 1. The quantitative estimate of drug-likeness (QED) is 0.730. The number of hydrogen-bond acceptors (Lipinski definition) is 6. The van der Waals surface area contributed by atoms with Crippen molar-refractivity contribution in [1.29, 1.82) is 0 Å². The molecule has 1 aromatic carbocycles. The summed E-state index contributed by atoms with van der Waals surface area (Å²) < 4.78 is 5.56. The number of rotatable bonds is 6. The maximum atomic E-state index is 13.1. The van der Waals surface area contributed by atoms with Gasteiger partial charge in [0.1, 0.15) is 0 Å². The van der Waals surface area contributed by atoms with Gasteiger partial charge in [0.15, 0.2) is 0 Å². The van der Waals surface area contributed by atoms with Crippen molar-refractivity contribution in [2.75, 3.05) is 51.8 Å². The van der Waals surface area contributed by atoms with Gasteiger partial charge >= 0.3 is 0 Å². The van der Waals surface area contributed by atoms with Crippen LogP contribution in [-0.2, 0) is 4.79 Å². The fourth-order valence-electron chi connectivity index (χ4n) is 4.86. The van der Waals surface area contributed by atoms with Gasteiger partial charge in [-0.15, -0.1) is 0 Å². The Kier molecular flexibility index (Phi) is 5.90. The van der Waals surface area contributed by atoms with Gasteiger partial charge in [-0.2, -0.15) is 4.98 Å². The number of aromatic nitrogens is 2. The number of fused-ring (bicyclic) bond motifs is 1. The van der Waals surface area contributed by atoms with Crippen LogP contribution in [0.5, 0.6) is 5.88 Å². The molecule has 1 aromatic heterocycles. The predicted octanol–water partition coefficient (Wildman–Crippen LogP) is 2.38. The van der Waals surface area contributed by atoms with Crippen LogP contribution in [0.3, 0.4) is 0 Å². The van der Waals surface area contributed by atoms with Crippen molar-refractivity contribution >= 4 is 11.9 Å². The van der Waals surface area contributed by atoms with Crippen molar-refractivity contribution in [3.05, 3.63) is 47.7 Å². The molecular weight excluding hydrogens is 378 g/mol. The number of hydrogen-bond donors (Lipinski definition) is 0. The van der Waals surface area contributed by atoms with E-state index in [0.29, 0.717) is 36.8 Å². The highest BCUT2D eigenvalue weighted by Gasteiger charge is 2.49. The molecule has 7 heteroatoms. The Balaban J connectivity index is 1.61. The van der Waals surface area contributed by atoms with E-state index in [2.05, 4.69) is 51.0 Å². The lowest BCUT2D eigenvalue weighted by Gasteiger charge is -2.31. The Labute approximate surface area is 178 Å². The number of likely N-dealkylation sites (N-methyl/N-ethyl adjacent to an activating group) is 1. The number of anilines is 1. The van der Waals surface area contributed by atoms with Crippen molar-refractivity contribution in [2.24, 2.45) is 11.8 Å². The summed E-state index contributed by atoms with van der Waals surface area (Å²) in [6.07, 6.45) is 1.76. The molecule has 2 aliphatic rings. The zero-order chi connectivity index (χ0) is 21.3. The van der Waals surface area contributed by atoms with Gasteiger partial charge in [0.2, 0.25) is 17.7 Å². The molecule has 160 valence electrons. The topological polar surface area (TPSA) is 61.8 Å². The van der Waals surface area contributed by atoms with Crippen molar-refractivity contribution in [3.63, 3.8) is 0 Å². The van der Waals surface area contributed by atoms with Gasteiger partial charge in [-0.25, -0.2) is 4.98 Å². The summed E-state index contributed by atoms with van der Waals surface area (Å²) in [5, 5.41) is 0. The average Bonchev–Trinajstić information content (AvgIpc) is 3.27. The third-order valence-electron chi connectivity index (χ3n) is 6.14. The molecule has 2 fully saturated rings. The van der Waals surface area contributed by atoms with Crippen molar-refractivity contribution in [3.8, 4) is 5.88 Å². The molecule has 0 saturated carbocycles. The Hall–Kier alpha value is -2.67. The minimum Gasteiger partial charge on any atom is -0.478 e. The third-order valence-corrected chi connectivity index (χ3v) is 6.14. The van der Waals surface area contributed by atoms with Crippen molar-refractivity contribution in [2.45, 2.75) is 19.9 Å². The SMILES string of the molecule is CCOc1ccnc(N2C[C@@H]3CN(C(=O)CN(C)C)[C@@H](c4ccccc4C)[C@@H]3C2)n1. The molecule has 30 heavy (non-hydrogen) atoms. The number of ether oxygens (including phenoxy) is 1. The summed E-state index contributed by atoms with van der Waals surface area (Å²) in [5.41, 5.74) is 2.49. The van der Waals surface area contributed by atoms with Gasteiger partial charge in [-0.05, 0) is 39.1 Å². The van der Waals surface area contributed by atoms with Crippen molar-refractivity contribution < 1.29 is 9.53 Å². The molecule has 1 amide bonds. The molecule has 0 bridgehead atoms. The smallest absolute Gasteiger partial charge is 0.237 e. The van der Waals surface area contributed by atoms with E-state index < -0.39 is 0 Å². The second-order valence-corrected chi connectivity index (χ2v) is 8.54. The monoisotopic (exact) mass is 409 g/mol. The first kappa shape index (κ1) is 20.6. The van der Waals surface area contributed by atoms with Gasteiger partial charge < -0.3 is 19.4 Å². The van der Waals surface area contributed by atoms with Crippen LogP contribution in [0.25, 0.3) is 0 Å². The standard InChI is InChI=1S/C23H31N5O2/c1-5-30-20-10-11-24-23(25-20)27-12-17-13-28(21(29)15-26(3)4)22(19(17)14-27)18-9-7-6-8-16(18)2/h6-11,17,19,22H,5,12-15H2,1-4H3/t17-,19-,22+/m1/s1. The lowest BCUT2D eigenvalue weighted by Crippen LogP contribution is -2.40. The molecule has 3 atom stereocenters. The van der Waals surface area contributed by atoms with Crippen LogP contribution in [0.15, 0.2) is 36.5 Å². The molecule has 2 saturated heterocycles. The Morgan fingerprint density at radius 3 is 2.73 bits per heavy atom. The molecule has 2 aromatic rings. The zero-order valence-electron chi connectivity index (χ0n) is 18.3. The minimum absolute atomic E-state index is 0.0868. The molecule has 0 spiro atoms. The first-order valence-electron chi connectivity index (χ1n) is 10.7. The van der Waals surface area contributed by atoms with Gasteiger partial charge in [0.25, 0.3) is 0 Å². The molecule has 0 radical (unpaired) electrons. The van der Waals surface area contributed by atoms with E-state index in [4.69, 9.17) is 4.74 Å². The first-order valence-corrected chi connectivity index (χ1v) is 10.7. The lowest BCUT2D eigenvalue weighted by atomic mass is 9.87. The number of carbonyl (C=O) groups is 1. The molecule has 2 aliphatic heterocycles. The van der Waals surface area contributed by atoms with E-state index >= 15 is 0 Å². The van der Waals surface area contributed by atoms with E-state index in [1.165, 1.54) is 11.1 Å². The largest absolute Gasteiger partial charge is 0.478 e. The summed E-state index contributed by atoms with van der Waals surface area (Å²) >= 11 is 0. The predicted molar refractivity (Wildman–Crippen MR) is 117 cm³/mol. The van der Waals surface area contributed by atoms with Gasteiger partial charge in [0.05, 0.1) is 19.2 Å². The van der Waals surface area contributed by atoms with Gasteiger partial charge in [-0.3, -0.25) is 4.79 Å². The van der Waals surface area contributed by atoms with Crippen LogP contribution < -0.4 is 9.64 Å². The van der Waals surface area contributed by atoms with E-state index in [1.807, 2.05) is 25.9 Å². The number of carbonyl (C=O) groups excluding carboxylic acids is 1. The fourth-order valence-corrected chi connectivity index (χ4v) is 4.86. The number of benzene rings is 1. The Bertz CT molecular complexity index is 903. The van der Waals surface area contributed by atoms with Crippen molar-refractivity contribution in [1.82, 2.24) is 19.8 Å². The van der Waals surface area contributed by atoms with E-state index in [-0.39, 0.29) is 11.9 Å². The molecule has 0 N–H and O–H groups in total. The van der Waals surface area contributed by atoms with Crippen LogP contribution in [0, 0.1) is 18.8 Å². The number of nitrogens with zero attached hydrogens (tertiary/aromatic N) is 5.